The summed E-state index contributed by atoms with van der Waals surface area (Å²) in [6.45, 7) is 2.34. The highest BCUT2D eigenvalue weighted by molar-refractivity contribution is 5.20. The average Bonchev–Trinajstić information content (AvgIpc) is 2.12. The van der Waals surface area contributed by atoms with Gasteiger partial charge >= 0.3 is 0 Å². The van der Waals surface area contributed by atoms with Crippen molar-refractivity contribution < 1.29 is 0 Å². The third-order valence-corrected chi connectivity index (χ3v) is 1.72. The van der Waals surface area contributed by atoms with Gasteiger partial charge in [-0.2, -0.15) is 0 Å². The molecule has 0 saturated carbocycles. The van der Waals surface area contributed by atoms with E-state index < -0.39 is 0 Å². The van der Waals surface area contributed by atoms with Crippen LogP contribution in [0.4, 0.5) is 0 Å². The summed E-state index contributed by atoms with van der Waals surface area (Å²) >= 11 is 0. The van der Waals surface area contributed by atoms with Gasteiger partial charge in [-0.3, -0.25) is 0 Å². The Kier molecular flexibility index (Phi) is 0.720. The Morgan fingerprint density at radius 1 is 1.50 bits per heavy atom. The molecule has 2 aliphatic heterocycles. The number of rotatable bonds is 0. The predicted molar refractivity (Wildman–Crippen MR) is 33.4 cm³/mol. The van der Waals surface area contributed by atoms with Crippen molar-refractivity contribution in [1.82, 2.24) is 4.90 Å². The summed E-state index contributed by atoms with van der Waals surface area (Å²) in [6.07, 6.45) is 7.92. The molecule has 0 aromatic heterocycles. The summed E-state index contributed by atoms with van der Waals surface area (Å²) < 4.78 is 0. The fourth-order valence-corrected chi connectivity index (χ4v) is 1.25. The van der Waals surface area contributed by atoms with Gasteiger partial charge in [-0.05, 0) is 18.2 Å². The zero-order valence-corrected chi connectivity index (χ0v) is 4.80. The van der Waals surface area contributed by atoms with Crippen LogP contribution < -0.4 is 0 Å². The van der Waals surface area contributed by atoms with Crippen LogP contribution in [0.25, 0.3) is 0 Å². The van der Waals surface area contributed by atoms with Gasteiger partial charge in [0.1, 0.15) is 0 Å². The SMILES string of the molecule is C1=CN2CC=C(C1)C2. The quantitative estimate of drug-likeness (QED) is 0.420. The highest BCUT2D eigenvalue weighted by Crippen LogP contribution is 2.17. The first-order chi connectivity index (χ1) is 3.95. The standard InChI is InChI=1S/C7H9N/c1-2-7-3-5-8(4-1)6-7/h1,3-4H,2,5-6H2. The number of hydrogen-bond donors (Lipinski definition) is 0. The second kappa shape index (κ2) is 1.38. The van der Waals surface area contributed by atoms with Crippen LogP contribution in [-0.2, 0) is 0 Å². The van der Waals surface area contributed by atoms with E-state index >= 15 is 0 Å². The molecule has 0 atom stereocenters. The van der Waals surface area contributed by atoms with Crippen molar-refractivity contribution in [2.75, 3.05) is 13.1 Å². The van der Waals surface area contributed by atoms with E-state index in [1.165, 1.54) is 13.0 Å². The number of fused-ring (bicyclic) bond motifs is 2. The normalized spacial score (nSPS) is 24.0. The zero-order valence-electron chi connectivity index (χ0n) is 4.80. The van der Waals surface area contributed by atoms with Gasteiger partial charge in [0.05, 0.1) is 0 Å². The fraction of sp³-hybridized carbons (Fsp3) is 0.429. The molecule has 2 bridgehead atoms. The van der Waals surface area contributed by atoms with Crippen LogP contribution in [-0.4, -0.2) is 18.0 Å². The number of hydrogen-bond acceptors (Lipinski definition) is 1. The Morgan fingerprint density at radius 2 is 2.50 bits per heavy atom. The minimum atomic E-state index is 1.14. The molecule has 0 spiro atoms. The number of allylic oxidation sites excluding steroid dienone is 1. The van der Waals surface area contributed by atoms with E-state index in [4.69, 9.17) is 0 Å². The lowest BCUT2D eigenvalue weighted by Crippen LogP contribution is -2.15. The molecule has 0 aliphatic carbocycles. The van der Waals surface area contributed by atoms with Crippen LogP contribution >= 0.6 is 0 Å². The Balaban J connectivity index is 2.30. The summed E-state index contributed by atoms with van der Waals surface area (Å²) in [7, 11) is 0. The molecular formula is C7H9N. The van der Waals surface area contributed by atoms with Gasteiger partial charge in [0.2, 0.25) is 0 Å². The maximum Gasteiger partial charge on any atom is 0.0390 e. The predicted octanol–water partition coefficient (Wildman–Crippen LogP) is 1.15. The molecule has 2 aliphatic rings. The van der Waals surface area contributed by atoms with Crippen LogP contribution in [0, 0.1) is 0 Å². The first-order valence-corrected chi connectivity index (χ1v) is 3.04. The van der Waals surface area contributed by atoms with Crippen LogP contribution in [0.15, 0.2) is 23.9 Å². The summed E-state index contributed by atoms with van der Waals surface area (Å²) in [5, 5.41) is 0. The van der Waals surface area contributed by atoms with Gasteiger partial charge in [0.25, 0.3) is 0 Å². The van der Waals surface area contributed by atoms with Gasteiger partial charge in [-0.1, -0.05) is 12.2 Å². The molecule has 1 heteroatoms. The second-order valence-electron chi connectivity index (χ2n) is 2.38. The molecule has 0 aromatic carbocycles. The largest absolute Gasteiger partial charge is 0.370 e. The summed E-state index contributed by atoms with van der Waals surface area (Å²) in [6, 6.07) is 0. The topological polar surface area (TPSA) is 3.24 Å². The lowest BCUT2D eigenvalue weighted by Gasteiger charge is -2.15. The van der Waals surface area contributed by atoms with E-state index in [0.717, 1.165) is 6.54 Å². The van der Waals surface area contributed by atoms with Crippen molar-refractivity contribution in [3.05, 3.63) is 23.9 Å². The molecule has 0 aromatic rings. The Hall–Kier alpha value is -0.720. The molecule has 42 valence electrons. The maximum absolute atomic E-state index is 2.32. The van der Waals surface area contributed by atoms with Gasteiger partial charge in [0, 0.05) is 13.1 Å². The summed E-state index contributed by atoms with van der Waals surface area (Å²) in [5.74, 6) is 0. The molecular weight excluding hydrogens is 98.1 g/mol. The molecule has 0 saturated heterocycles. The Labute approximate surface area is 49.3 Å². The van der Waals surface area contributed by atoms with Crippen molar-refractivity contribution in [2.45, 2.75) is 6.42 Å². The molecule has 0 unspecified atom stereocenters. The van der Waals surface area contributed by atoms with Gasteiger partial charge < -0.3 is 4.90 Å². The Bertz CT molecular complexity index is 156. The lowest BCUT2D eigenvalue weighted by atomic mass is 10.2. The summed E-state index contributed by atoms with van der Waals surface area (Å²) in [4.78, 5) is 2.32. The van der Waals surface area contributed by atoms with E-state index in [1.807, 2.05) is 0 Å². The highest BCUT2D eigenvalue weighted by atomic mass is 15.1. The molecule has 2 rings (SSSR count). The van der Waals surface area contributed by atoms with Gasteiger partial charge in [-0.15, -0.1) is 0 Å². The average molecular weight is 107 g/mol. The van der Waals surface area contributed by atoms with E-state index in [0.29, 0.717) is 0 Å². The van der Waals surface area contributed by atoms with Crippen LogP contribution in [0.5, 0.6) is 0 Å². The van der Waals surface area contributed by atoms with Crippen LogP contribution in [0.3, 0.4) is 0 Å². The van der Waals surface area contributed by atoms with E-state index in [2.05, 4.69) is 23.3 Å². The second-order valence-corrected chi connectivity index (χ2v) is 2.38. The fourth-order valence-electron chi connectivity index (χ4n) is 1.25. The van der Waals surface area contributed by atoms with Crippen molar-refractivity contribution >= 4 is 0 Å². The molecule has 8 heavy (non-hydrogen) atoms. The third-order valence-electron chi connectivity index (χ3n) is 1.72. The lowest BCUT2D eigenvalue weighted by molar-refractivity contribution is 0.467. The van der Waals surface area contributed by atoms with Crippen LogP contribution in [0.1, 0.15) is 6.42 Å². The first-order valence-electron chi connectivity index (χ1n) is 3.04. The minimum Gasteiger partial charge on any atom is -0.370 e. The molecule has 1 nitrogen and oxygen atoms in total. The van der Waals surface area contributed by atoms with E-state index in [1.54, 1.807) is 5.57 Å². The van der Waals surface area contributed by atoms with Gasteiger partial charge in [-0.25, -0.2) is 0 Å². The van der Waals surface area contributed by atoms with Crippen molar-refractivity contribution in [2.24, 2.45) is 0 Å². The molecule has 0 N–H and O–H groups in total. The smallest absolute Gasteiger partial charge is 0.0390 e. The molecule has 0 fully saturated rings. The van der Waals surface area contributed by atoms with Crippen LogP contribution in [0.2, 0.25) is 0 Å². The Morgan fingerprint density at radius 3 is 3.25 bits per heavy atom. The monoisotopic (exact) mass is 107 g/mol. The van der Waals surface area contributed by atoms with E-state index in [-0.39, 0.29) is 0 Å². The summed E-state index contributed by atoms with van der Waals surface area (Å²) in [5.41, 5.74) is 1.59. The molecule has 2 heterocycles. The van der Waals surface area contributed by atoms with Crippen molar-refractivity contribution in [3.63, 3.8) is 0 Å². The molecule has 0 amide bonds. The van der Waals surface area contributed by atoms with Gasteiger partial charge in [0.15, 0.2) is 0 Å². The van der Waals surface area contributed by atoms with Crippen molar-refractivity contribution in [1.29, 1.82) is 0 Å². The van der Waals surface area contributed by atoms with Crippen molar-refractivity contribution in [3.8, 4) is 0 Å². The maximum atomic E-state index is 2.32. The van der Waals surface area contributed by atoms with E-state index in [9.17, 15) is 0 Å². The zero-order chi connectivity index (χ0) is 5.40. The number of nitrogens with zero attached hydrogens (tertiary/aromatic N) is 1. The highest BCUT2D eigenvalue weighted by Gasteiger charge is 2.11. The minimum absolute atomic E-state index is 1.14. The first kappa shape index (κ1) is 4.19. The molecule has 0 radical (unpaired) electrons. The third kappa shape index (κ3) is 0.474.